The molecule has 1 aromatic rings. The van der Waals surface area contributed by atoms with Crippen LogP contribution in [0.25, 0.3) is 0 Å². The maximum absolute atomic E-state index is 5.32. The topological polar surface area (TPSA) is 185 Å². The Morgan fingerprint density at radius 2 is 0.403 bits per heavy atom. The number of para-hydroxylation sites is 1. The molecule has 20 nitrogen and oxygen atoms in total. The number of benzene rings is 1. The van der Waals surface area contributed by atoms with E-state index in [4.69, 9.17) is 94.7 Å². The number of rotatable bonds is 48. The third kappa shape index (κ3) is 81.6. The fourth-order valence-corrected chi connectivity index (χ4v) is 3.87. The van der Waals surface area contributed by atoms with Crippen LogP contribution in [0.15, 0.2) is 30.3 Å². The van der Waals surface area contributed by atoms with Crippen LogP contribution in [0.3, 0.4) is 0 Å². The lowest BCUT2D eigenvalue weighted by molar-refractivity contribution is -0.00678. The smallest absolute Gasteiger partial charge is 0.119 e. The predicted octanol–water partition coefficient (Wildman–Crippen LogP) is 3.77. The van der Waals surface area contributed by atoms with Gasteiger partial charge in [-0.25, -0.2) is 0 Å². The van der Waals surface area contributed by atoms with E-state index < -0.39 is 0 Å². The van der Waals surface area contributed by atoms with Gasteiger partial charge in [-0.05, 0) is 26.0 Å². The summed E-state index contributed by atoms with van der Waals surface area (Å²) in [5, 5.41) is 0. The van der Waals surface area contributed by atoms with E-state index in [0.29, 0.717) is 198 Å². The Labute approximate surface area is 405 Å². The minimum absolute atomic E-state index is 0.595. The number of hydrogen-bond donors (Lipinski definition) is 0. The highest BCUT2D eigenvalue weighted by Gasteiger charge is 1.94. The normalized spacial score (nSPS) is 10.5. The summed E-state index contributed by atoms with van der Waals surface area (Å²) in [6.07, 6.45) is 0. The van der Waals surface area contributed by atoms with E-state index in [1.807, 2.05) is 44.2 Å². The molecule has 1 aromatic carbocycles. The Kier molecular flexibility index (Phi) is 81.2. The van der Waals surface area contributed by atoms with Crippen molar-refractivity contribution in [3.63, 3.8) is 0 Å². The average Bonchev–Trinajstić information content (AvgIpc) is 3.35. The molecule has 0 aliphatic heterocycles. The maximum Gasteiger partial charge on any atom is 0.119 e. The van der Waals surface area contributed by atoms with Gasteiger partial charge in [0.05, 0.1) is 192 Å². The van der Waals surface area contributed by atoms with Crippen LogP contribution in [0, 0.1) is 0 Å². The van der Waals surface area contributed by atoms with Crippen molar-refractivity contribution in [3.8, 4) is 5.75 Å². The van der Waals surface area contributed by atoms with Gasteiger partial charge in [0.25, 0.3) is 0 Å². The molecule has 1 rings (SSSR count). The molecule has 0 saturated heterocycles. The molecule has 0 bridgehead atoms. The van der Waals surface area contributed by atoms with Crippen molar-refractivity contribution >= 4 is 0 Å². The summed E-state index contributed by atoms with van der Waals surface area (Å²) in [5.74, 6) is 0.893. The third-order valence-corrected chi connectivity index (χ3v) is 7.27. The van der Waals surface area contributed by atoms with Crippen molar-refractivity contribution in [3.05, 3.63) is 30.3 Å². The van der Waals surface area contributed by atoms with Gasteiger partial charge in [-0.3, -0.25) is 0 Å². The second-order valence-corrected chi connectivity index (χ2v) is 12.6. The van der Waals surface area contributed by atoms with Crippen LogP contribution in [-0.2, 0) is 90.0 Å². The molecular formula is C47H96O20. The van der Waals surface area contributed by atoms with Gasteiger partial charge in [0.2, 0.25) is 0 Å². The molecule has 404 valence electrons. The Bertz CT molecular complexity index is 854. The number of methoxy groups -OCH3 is 7. The summed E-state index contributed by atoms with van der Waals surface area (Å²) in [6, 6.07) is 9.71. The van der Waals surface area contributed by atoms with Crippen LogP contribution >= 0.6 is 0 Å². The summed E-state index contributed by atoms with van der Waals surface area (Å²) in [7, 11) is 11.6. The molecule has 0 atom stereocenters. The summed E-state index contributed by atoms with van der Waals surface area (Å²) >= 11 is 0. The lowest BCUT2D eigenvalue weighted by Crippen LogP contribution is -2.12. The zero-order valence-corrected chi connectivity index (χ0v) is 43.2. The van der Waals surface area contributed by atoms with Crippen LogP contribution in [-0.4, -0.2) is 261 Å². The highest BCUT2D eigenvalue weighted by atomic mass is 16.6. The molecule has 0 radical (unpaired) electrons. The molecular weight excluding hydrogens is 884 g/mol. The van der Waals surface area contributed by atoms with E-state index >= 15 is 0 Å². The van der Waals surface area contributed by atoms with Gasteiger partial charge in [0.15, 0.2) is 0 Å². The first-order valence-corrected chi connectivity index (χ1v) is 23.1. The quantitative estimate of drug-likeness (QED) is 0.0859. The van der Waals surface area contributed by atoms with Crippen LogP contribution in [0.4, 0.5) is 0 Å². The van der Waals surface area contributed by atoms with E-state index in [1.54, 1.807) is 49.8 Å². The first-order chi connectivity index (χ1) is 33.1. The lowest BCUT2D eigenvalue weighted by Gasteiger charge is -2.06. The van der Waals surface area contributed by atoms with Crippen LogP contribution in [0.2, 0.25) is 0 Å². The Morgan fingerprint density at radius 3 is 0.597 bits per heavy atom. The minimum Gasteiger partial charge on any atom is -0.491 e. The molecule has 0 N–H and O–H groups in total. The first-order valence-electron chi connectivity index (χ1n) is 23.1. The van der Waals surface area contributed by atoms with Crippen molar-refractivity contribution in [2.45, 2.75) is 13.8 Å². The molecule has 0 aliphatic rings. The van der Waals surface area contributed by atoms with Crippen LogP contribution in [0.5, 0.6) is 5.75 Å². The van der Waals surface area contributed by atoms with E-state index in [1.165, 1.54) is 0 Å². The summed E-state index contributed by atoms with van der Waals surface area (Å²) < 4.78 is 101. The van der Waals surface area contributed by atoms with Crippen molar-refractivity contribution in [1.82, 2.24) is 0 Å². The van der Waals surface area contributed by atoms with Crippen molar-refractivity contribution < 1.29 is 94.7 Å². The van der Waals surface area contributed by atoms with Gasteiger partial charge in [-0.2, -0.15) is 0 Å². The van der Waals surface area contributed by atoms with E-state index in [9.17, 15) is 0 Å². The molecule has 0 aromatic heterocycles. The van der Waals surface area contributed by atoms with Crippen LogP contribution in [0.1, 0.15) is 13.8 Å². The Hall–Kier alpha value is -1.74. The SMILES string of the molecule is CCOCCOCCOCCOC.CCOCCOCCOCCOCCOC.COCCOCCOCCOC.COCCOCCOCCOCCOC.COCCOc1ccccc1. The molecule has 0 heterocycles. The zero-order chi connectivity index (χ0) is 49.9. The highest BCUT2D eigenvalue weighted by molar-refractivity contribution is 5.20. The largest absolute Gasteiger partial charge is 0.491 e. The first kappa shape index (κ1) is 71.8. The molecule has 20 heteroatoms. The molecule has 0 amide bonds. The summed E-state index contributed by atoms with van der Waals surface area (Å²) in [6.45, 7) is 24.0. The summed E-state index contributed by atoms with van der Waals surface area (Å²) in [4.78, 5) is 0. The maximum atomic E-state index is 5.32. The van der Waals surface area contributed by atoms with E-state index in [-0.39, 0.29) is 0 Å². The van der Waals surface area contributed by atoms with E-state index in [2.05, 4.69) is 0 Å². The average molecular weight is 981 g/mol. The highest BCUT2D eigenvalue weighted by Crippen LogP contribution is 2.07. The summed E-state index contributed by atoms with van der Waals surface area (Å²) in [5.41, 5.74) is 0. The monoisotopic (exact) mass is 981 g/mol. The Morgan fingerprint density at radius 1 is 0.224 bits per heavy atom. The molecule has 0 aliphatic carbocycles. The van der Waals surface area contributed by atoms with E-state index in [0.717, 1.165) is 19.0 Å². The van der Waals surface area contributed by atoms with Gasteiger partial charge in [0, 0.05) is 63.0 Å². The Balaban J connectivity index is -0.000000372. The second-order valence-electron chi connectivity index (χ2n) is 12.6. The molecule has 0 spiro atoms. The molecule has 67 heavy (non-hydrogen) atoms. The van der Waals surface area contributed by atoms with Gasteiger partial charge < -0.3 is 94.7 Å². The van der Waals surface area contributed by atoms with Crippen LogP contribution < -0.4 is 4.74 Å². The second kappa shape index (κ2) is 75.8. The van der Waals surface area contributed by atoms with Gasteiger partial charge in [-0.15, -0.1) is 0 Å². The number of hydrogen-bond acceptors (Lipinski definition) is 20. The van der Waals surface area contributed by atoms with Gasteiger partial charge in [-0.1, -0.05) is 18.2 Å². The third-order valence-electron chi connectivity index (χ3n) is 7.27. The predicted molar refractivity (Wildman–Crippen MR) is 256 cm³/mol. The fraction of sp³-hybridized carbons (Fsp3) is 0.872. The van der Waals surface area contributed by atoms with Gasteiger partial charge in [0.1, 0.15) is 12.4 Å². The molecule has 0 saturated carbocycles. The lowest BCUT2D eigenvalue weighted by atomic mass is 10.3. The number of ether oxygens (including phenoxy) is 20. The van der Waals surface area contributed by atoms with Crippen molar-refractivity contribution in [2.75, 3.05) is 261 Å². The fourth-order valence-electron chi connectivity index (χ4n) is 3.87. The zero-order valence-electron chi connectivity index (χ0n) is 43.2. The van der Waals surface area contributed by atoms with Crippen molar-refractivity contribution in [1.29, 1.82) is 0 Å². The molecule has 0 unspecified atom stereocenters. The van der Waals surface area contributed by atoms with Crippen molar-refractivity contribution in [2.24, 2.45) is 0 Å². The molecule has 0 fully saturated rings. The van der Waals surface area contributed by atoms with Gasteiger partial charge >= 0.3 is 0 Å². The standard InChI is InChI=1S/C11H24O5.C10H22O5.C9H20O4.C9H12O2.C8H18O4/c1-3-13-6-7-15-10-11-16-9-8-14-5-4-12-2;1-11-3-5-13-7-9-15-10-8-14-6-4-12-2;1-3-11-6-7-13-9-8-12-5-4-10-2;1-10-7-8-11-9-5-3-2-4-6-9;1-9-3-5-11-7-8-12-6-4-10-2/h3-11H2,1-2H3;3-10H2,1-2H3;3-9H2,1-2H3;2-6H,7-8H2,1H3;3-8H2,1-2H3. The minimum atomic E-state index is 0.595.